The first kappa shape index (κ1) is 12.5. The van der Waals surface area contributed by atoms with Gasteiger partial charge in [-0.15, -0.1) is 0 Å². The van der Waals surface area contributed by atoms with Crippen LogP contribution in [0.1, 0.15) is 11.4 Å². The fourth-order valence-electron chi connectivity index (χ4n) is 2.34. The highest BCUT2D eigenvalue weighted by atomic mass is 15.1. The molecular weight excluding hydrogens is 250 g/mol. The number of pyridine rings is 1. The van der Waals surface area contributed by atoms with Crippen molar-refractivity contribution in [1.29, 1.82) is 0 Å². The summed E-state index contributed by atoms with van der Waals surface area (Å²) in [5.41, 5.74) is 10.9. The first-order chi connectivity index (χ1) is 9.63. The van der Waals surface area contributed by atoms with Gasteiger partial charge in [0, 0.05) is 18.1 Å². The van der Waals surface area contributed by atoms with E-state index in [1.54, 1.807) is 6.20 Å². The Morgan fingerprint density at radius 3 is 2.95 bits per heavy atom. The molecular formula is C15H17N5. The molecule has 0 atom stereocenters. The molecule has 0 amide bonds. The van der Waals surface area contributed by atoms with Crippen molar-refractivity contribution in [3.8, 4) is 0 Å². The molecule has 5 heteroatoms. The number of nitrogens with zero attached hydrogens (tertiary/aromatic N) is 3. The zero-order valence-corrected chi connectivity index (χ0v) is 11.6. The number of hydrogen-bond donors (Lipinski definition) is 2. The zero-order valence-electron chi connectivity index (χ0n) is 11.6. The first-order valence-electron chi connectivity index (χ1n) is 6.50. The molecule has 102 valence electrons. The molecule has 0 saturated carbocycles. The summed E-state index contributed by atoms with van der Waals surface area (Å²) < 4.78 is 0. The number of nitrogens with one attached hydrogen (secondary N) is 1. The molecule has 3 N–H and O–H groups in total. The summed E-state index contributed by atoms with van der Waals surface area (Å²) in [6.45, 7) is 2.71. The standard InChI is InChI=1S/C15H17N5/c1-10-4-3-5-12(18-10)9-20(2)15-7-14-11(6-13(15)16)8-17-19-14/h3-8H,9,16H2,1-2H3,(H,17,19). The maximum absolute atomic E-state index is 6.13. The molecule has 0 bridgehead atoms. The number of aromatic nitrogens is 3. The van der Waals surface area contributed by atoms with E-state index >= 15 is 0 Å². The summed E-state index contributed by atoms with van der Waals surface area (Å²) in [7, 11) is 2.01. The van der Waals surface area contributed by atoms with Crippen LogP contribution in [0.3, 0.4) is 0 Å². The van der Waals surface area contributed by atoms with Crippen molar-refractivity contribution in [2.75, 3.05) is 17.7 Å². The summed E-state index contributed by atoms with van der Waals surface area (Å²) in [6, 6.07) is 10.00. The zero-order chi connectivity index (χ0) is 14.1. The van der Waals surface area contributed by atoms with E-state index in [9.17, 15) is 0 Å². The van der Waals surface area contributed by atoms with Gasteiger partial charge in [0.2, 0.25) is 0 Å². The highest BCUT2D eigenvalue weighted by molar-refractivity contribution is 5.88. The Balaban J connectivity index is 1.91. The van der Waals surface area contributed by atoms with Crippen molar-refractivity contribution < 1.29 is 0 Å². The summed E-state index contributed by atoms with van der Waals surface area (Å²) in [4.78, 5) is 6.61. The van der Waals surface area contributed by atoms with E-state index in [4.69, 9.17) is 5.73 Å². The van der Waals surface area contributed by atoms with Crippen molar-refractivity contribution in [3.05, 3.63) is 47.9 Å². The number of nitrogens with two attached hydrogens (primary N) is 1. The Labute approximate surface area is 117 Å². The Kier molecular flexibility index (Phi) is 3.02. The lowest BCUT2D eigenvalue weighted by Gasteiger charge is -2.21. The Hall–Kier alpha value is -2.56. The normalized spacial score (nSPS) is 10.9. The molecule has 20 heavy (non-hydrogen) atoms. The van der Waals surface area contributed by atoms with Crippen LogP contribution in [0.25, 0.3) is 10.9 Å². The van der Waals surface area contributed by atoms with E-state index in [1.807, 2.05) is 44.3 Å². The molecule has 0 aliphatic carbocycles. The predicted octanol–water partition coefficient (Wildman–Crippen LogP) is 2.48. The lowest BCUT2D eigenvalue weighted by molar-refractivity contribution is 0.878. The Morgan fingerprint density at radius 2 is 2.15 bits per heavy atom. The highest BCUT2D eigenvalue weighted by Crippen LogP contribution is 2.28. The van der Waals surface area contributed by atoms with Crippen LogP contribution in [0.5, 0.6) is 0 Å². The van der Waals surface area contributed by atoms with Crippen LogP contribution < -0.4 is 10.6 Å². The second-order valence-electron chi connectivity index (χ2n) is 4.99. The van der Waals surface area contributed by atoms with Crippen LogP contribution in [-0.4, -0.2) is 22.2 Å². The molecule has 0 radical (unpaired) electrons. The maximum atomic E-state index is 6.13. The minimum Gasteiger partial charge on any atom is -0.397 e. The average molecular weight is 267 g/mol. The fraction of sp³-hybridized carbons (Fsp3) is 0.200. The third-order valence-electron chi connectivity index (χ3n) is 3.34. The van der Waals surface area contributed by atoms with Gasteiger partial charge in [-0.05, 0) is 31.2 Å². The monoisotopic (exact) mass is 267 g/mol. The number of aromatic amines is 1. The van der Waals surface area contributed by atoms with E-state index in [2.05, 4.69) is 20.1 Å². The van der Waals surface area contributed by atoms with Crippen LogP contribution in [0.2, 0.25) is 0 Å². The third-order valence-corrected chi connectivity index (χ3v) is 3.34. The SMILES string of the molecule is Cc1cccc(CN(C)c2cc3[nH]ncc3cc2N)n1. The molecule has 1 aromatic carbocycles. The second-order valence-corrected chi connectivity index (χ2v) is 4.99. The van der Waals surface area contributed by atoms with Gasteiger partial charge in [-0.3, -0.25) is 10.1 Å². The van der Waals surface area contributed by atoms with Crippen molar-refractivity contribution >= 4 is 22.3 Å². The third kappa shape index (κ3) is 2.30. The quantitative estimate of drug-likeness (QED) is 0.715. The summed E-state index contributed by atoms with van der Waals surface area (Å²) in [5, 5.41) is 8.02. The number of fused-ring (bicyclic) bond motifs is 1. The molecule has 5 nitrogen and oxygen atoms in total. The van der Waals surface area contributed by atoms with Crippen molar-refractivity contribution in [2.45, 2.75) is 13.5 Å². The molecule has 0 aliphatic rings. The summed E-state index contributed by atoms with van der Waals surface area (Å²) >= 11 is 0. The number of hydrogen-bond acceptors (Lipinski definition) is 4. The predicted molar refractivity (Wildman–Crippen MR) is 81.6 cm³/mol. The van der Waals surface area contributed by atoms with Crippen LogP contribution in [0.4, 0.5) is 11.4 Å². The van der Waals surface area contributed by atoms with Gasteiger partial charge < -0.3 is 10.6 Å². The Morgan fingerprint density at radius 1 is 1.30 bits per heavy atom. The molecule has 3 rings (SSSR count). The van der Waals surface area contributed by atoms with Gasteiger partial charge in [0.1, 0.15) is 0 Å². The molecule has 0 saturated heterocycles. The van der Waals surface area contributed by atoms with Gasteiger partial charge in [-0.2, -0.15) is 5.10 Å². The smallest absolute Gasteiger partial charge is 0.0672 e. The van der Waals surface area contributed by atoms with Crippen molar-refractivity contribution in [3.63, 3.8) is 0 Å². The van der Waals surface area contributed by atoms with Gasteiger partial charge >= 0.3 is 0 Å². The van der Waals surface area contributed by atoms with E-state index in [0.29, 0.717) is 6.54 Å². The van der Waals surface area contributed by atoms with E-state index in [-0.39, 0.29) is 0 Å². The minimum atomic E-state index is 0.714. The van der Waals surface area contributed by atoms with Gasteiger partial charge in [0.15, 0.2) is 0 Å². The number of aryl methyl sites for hydroxylation is 1. The van der Waals surface area contributed by atoms with Gasteiger partial charge in [-0.1, -0.05) is 6.07 Å². The highest BCUT2D eigenvalue weighted by Gasteiger charge is 2.09. The number of nitrogen functional groups attached to an aromatic ring is 1. The van der Waals surface area contributed by atoms with Crippen molar-refractivity contribution in [2.24, 2.45) is 0 Å². The summed E-state index contributed by atoms with van der Waals surface area (Å²) in [5.74, 6) is 0. The molecule has 0 unspecified atom stereocenters. The number of anilines is 2. The van der Waals surface area contributed by atoms with Crippen LogP contribution >= 0.6 is 0 Å². The number of benzene rings is 1. The maximum Gasteiger partial charge on any atom is 0.0672 e. The van der Waals surface area contributed by atoms with Gasteiger partial charge in [0.25, 0.3) is 0 Å². The largest absolute Gasteiger partial charge is 0.397 e. The van der Waals surface area contributed by atoms with Crippen LogP contribution in [0.15, 0.2) is 36.5 Å². The molecule has 2 heterocycles. The summed E-state index contributed by atoms with van der Waals surface area (Å²) in [6.07, 6.45) is 1.78. The van der Waals surface area contributed by atoms with Gasteiger partial charge in [-0.25, -0.2) is 0 Å². The molecule has 0 spiro atoms. The van der Waals surface area contributed by atoms with Crippen LogP contribution in [-0.2, 0) is 6.54 Å². The lowest BCUT2D eigenvalue weighted by atomic mass is 10.2. The van der Waals surface area contributed by atoms with Gasteiger partial charge in [0.05, 0.1) is 35.3 Å². The van der Waals surface area contributed by atoms with E-state index < -0.39 is 0 Å². The molecule has 3 aromatic rings. The molecule has 2 aromatic heterocycles. The fourth-order valence-corrected chi connectivity index (χ4v) is 2.34. The van der Waals surface area contributed by atoms with Crippen LogP contribution in [0, 0.1) is 6.92 Å². The lowest BCUT2D eigenvalue weighted by Crippen LogP contribution is -2.18. The minimum absolute atomic E-state index is 0.714. The average Bonchev–Trinajstić information content (AvgIpc) is 2.84. The number of rotatable bonds is 3. The first-order valence-corrected chi connectivity index (χ1v) is 6.50. The van der Waals surface area contributed by atoms with E-state index in [1.165, 1.54) is 0 Å². The molecule has 0 aliphatic heterocycles. The second kappa shape index (κ2) is 4.85. The molecule has 0 fully saturated rings. The topological polar surface area (TPSA) is 70.8 Å². The Bertz CT molecular complexity index is 747. The van der Waals surface area contributed by atoms with Crippen molar-refractivity contribution in [1.82, 2.24) is 15.2 Å². The number of H-pyrrole nitrogens is 1. The van der Waals surface area contributed by atoms with E-state index in [0.717, 1.165) is 33.7 Å².